The van der Waals surface area contributed by atoms with Crippen molar-refractivity contribution in [3.05, 3.63) is 39.1 Å². The van der Waals surface area contributed by atoms with Crippen molar-refractivity contribution in [2.24, 2.45) is 0 Å². The Morgan fingerprint density at radius 1 is 1.16 bits per heavy atom. The molecule has 31 heavy (non-hydrogen) atoms. The molecule has 1 saturated carbocycles. The Labute approximate surface area is 185 Å². The molecule has 2 aliphatic rings. The van der Waals surface area contributed by atoms with Crippen LogP contribution in [-0.4, -0.2) is 66.6 Å². The second kappa shape index (κ2) is 7.03. The van der Waals surface area contributed by atoms with Gasteiger partial charge in [0.2, 0.25) is 0 Å². The number of nitrogens with zero attached hydrogens (tertiary/aromatic N) is 3. The number of imidazole rings is 1. The molecule has 4 aromatic rings. The van der Waals surface area contributed by atoms with Crippen LogP contribution in [0, 0.1) is 12.3 Å². The van der Waals surface area contributed by atoms with Gasteiger partial charge in [-0.15, -0.1) is 0 Å². The van der Waals surface area contributed by atoms with E-state index in [9.17, 15) is 4.79 Å². The molecule has 0 bridgehead atoms. The summed E-state index contributed by atoms with van der Waals surface area (Å²) in [6.07, 6.45) is 8.52. The summed E-state index contributed by atoms with van der Waals surface area (Å²) in [6.45, 7) is 4.06. The minimum atomic E-state index is -0.230. The molecule has 0 atom stereocenters. The van der Waals surface area contributed by atoms with Gasteiger partial charge < -0.3 is 0 Å². The molecule has 0 spiro atoms. The van der Waals surface area contributed by atoms with E-state index in [-0.39, 0.29) is 20.1 Å². The molecule has 7 nitrogen and oxygen atoms in total. The van der Waals surface area contributed by atoms with Crippen LogP contribution in [-0.2, 0) is 0 Å². The Bertz CT molecular complexity index is 1410. The van der Waals surface area contributed by atoms with Gasteiger partial charge in [-0.25, -0.2) is 0 Å². The van der Waals surface area contributed by atoms with Gasteiger partial charge >= 0.3 is 166 Å². The predicted octanol–water partition coefficient (Wildman–Crippen LogP) is 1.98. The monoisotopic (exact) mass is 478 g/mol. The summed E-state index contributed by atoms with van der Waals surface area (Å²) in [5.74, 6) is 3.31. The second-order valence-corrected chi connectivity index (χ2v) is 10.2. The maximum absolute atomic E-state index is 12.7. The number of nitrogens with two attached hydrogens (primary N) is 1. The summed E-state index contributed by atoms with van der Waals surface area (Å²) < 4.78 is 1.00. The second-order valence-electron chi connectivity index (χ2n) is 8.28. The van der Waals surface area contributed by atoms with E-state index in [4.69, 9.17) is 12.2 Å². The first-order valence-electron chi connectivity index (χ1n) is 10.5. The maximum atomic E-state index is 12.7. The first-order chi connectivity index (χ1) is 15.1. The van der Waals surface area contributed by atoms with Crippen LogP contribution in [0.2, 0.25) is 0 Å². The number of aromatic amines is 2. The van der Waals surface area contributed by atoms with Crippen LogP contribution in [0.5, 0.6) is 0 Å². The number of pyridine rings is 1. The van der Waals surface area contributed by atoms with Crippen molar-refractivity contribution in [2.45, 2.75) is 18.9 Å². The van der Waals surface area contributed by atoms with Crippen LogP contribution in [0.25, 0.3) is 32.2 Å². The number of hydrogen-bond acceptors (Lipinski definition) is 5. The zero-order chi connectivity index (χ0) is 21.1. The fourth-order valence-electron chi connectivity index (χ4n) is 4.58. The Balaban J connectivity index is 1.41. The summed E-state index contributed by atoms with van der Waals surface area (Å²) >= 11 is 0.122. The Kier molecular flexibility index (Phi) is 4.25. The minimum absolute atomic E-state index is 0.122. The fourth-order valence-corrected chi connectivity index (χ4v) is 6.29. The van der Waals surface area contributed by atoms with Crippen LogP contribution < -0.4 is 16.2 Å². The molecule has 8 heteroatoms. The van der Waals surface area contributed by atoms with Crippen molar-refractivity contribution in [3.63, 3.8) is 0 Å². The quantitative estimate of drug-likeness (QED) is 0.310. The number of fused-ring (bicyclic) bond motifs is 2. The van der Waals surface area contributed by atoms with Crippen molar-refractivity contribution in [1.82, 2.24) is 19.9 Å². The number of rotatable bonds is 3. The average Bonchev–Trinajstić information content (AvgIpc) is 3.38. The third-order valence-electron chi connectivity index (χ3n) is 6.36. The van der Waals surface area contributed by atoms with Gasteiger partial charge in [-0.05, 0) is 12.8 Å². The van der Waals surface area contributed by atoms with Crippen molar-refractivity contribution >= 4 is 46.7 Å². The summed E-state index contributed by atoms with van der Waals surface area (Å²) in [4.78, 5) is 30.7. The normalized spacial score (nSPS) is 17.5. The van der Waals surface area contributed by atoms with E-state index in [0.29, 0.717) is 17.1 Å². The SMILES string of the molecule is C#Cc1cc2nc(-c3c(N)c4[se]ccc4[nH]c3=O)[nH]c2cc1N1CCN(C2CC2)CC1. The van der Waals surface area contributed by atoms with Gasteiger partial charge in [-0.2, -0.15) is 0 Å². The van der Waals surface area contributed by atoms with E-state index < -0.39 is 0 Å². The number of hydrogen-bond donors (Lipinski definition) is 3. The topological polar surface area (TPSA) is 94.0 Å². The zero-order valence-electron chi connectivity index (χ0n) is 16.9. The molecule has 0 amide bonds. The van der Waals surface area contributed by atoms with Gasteiger partial charge in [-0.1, -0.05) is 0 Å². The van der Waals surface area contributed by atoms with Crippen LogP contribution in [0.3, 0.4) is 0 Å². The Morgan fingerprint density at radius 2 is 1.97 bits per heavy atom. The van der Waals surface area contributed by atoms with E-state index in [1.54, 1.807) is 0 Å². The van der Waals surface area contributed by atoms with E-state index in [2.05, 4.69) is 41.7 Å². The zero-order valence-corrected chi connectivity index (χ0v) is 18.7. The Morgan fingerprint density at radius 3 is 2.71 bits per heavy atom. The molecule has 4 heterocycles. The molecule has 0 unspecified atom stereocenters. The molecule has 3 aromatic heterocycles. The first kappa shape index (κ1) is 18.8. The number of nitrogens with one attached hydrogen (secondary N) is 2. The third-order valence-corrected chi connectivity index (χ3v) is 8.35. The van der Waals surface area contributed by atoms with Crippen LogP contribution >= 0.6 is 0 Å². The van der Waals surface area contributed by atoms with Crippen molar-refractivity contribution in [2.75, 3.05) is 36.8 Å². The first-order valence-corrected chi connectivity index (χ1v) is 12.4. The predicted molar refractivity (Wildman–Crippen MR) is 126 cm³/mol. The number of nitrogen functional groups attached to an aromatic ring is 1. The third kappa shape index (κ3) is 3.09. The molecule has 1 aliphatic heterocycles. The molecule has 156 valence electrons. The number of terminal acetylenes is 1. The summed E-state index contributed by atoms with van der Waals surface area (Å²) in [6, 6.07) is 6.71. The standard InChI is InChI=1S/C23H22N6OSe/c1-2-13-11-16-17(12-18(13)29-8-6-28(7-9-29)14-3-4-14)26-22(25-16)19-20(24)21-15(5-10-31-21)27-23(19)30/h1,5,10-12,14H,3-4,6-9H2,(H,25,26)(H3,24,27,30). The van der Waals surface area contributed by atoms with Gasteiger partial charge in [-0.3, -0.25) is 0 Å². The molecule has 4 N–H and O–H groups in total. The summed E-state index contributed by atoms with van der Waals surface area (Å²) in [5.41, 5.74) is 11.4. The molecule has 2 fully saturated rings. The number of benzene rings is 1. The van der Waals surface area contributed by atoms with Crippen molar-refractivity contribution in [3.8, 4) is 23.7 Å². The van der Waals surface area contributed by atoms with E-state index in [1.165, 1.54) is 12.8 Å². The number of piperazine rings is 1. The Hall–Kier alpha value is -2.98. The molecule has 1 aromatic carbocycles. The van der Waals surface area contributed by atoms with Crippen molar-refractivity contribution < 1.29 is 0 Å². The molecule has 0 radical (unpaired) electrons. The van der Waals surface area contributed by atoms with Gasteiger partial charge in [0.05, 0.1) is 0 Å². The summed E-state index contributed by atoms with van der Waals surface area (Å²) in [5, 5.41) is 0. The molecule has 6 rings (SSSR count). The molecule has 1 aliphatic carbocycles. The number of anilines is 2. The van der Waals surface area contributed by atoms with Crippen molar-refractivity contribution in [1.29, 1.82) is 0 Å². The van der Waals surface area contributed by atoms with E-state index >= 15 is 0 Å². The fraction of sp³-hybridized carbons (Fsp3) is 0.304. The van der Waals surface area contributed by atoms with Crippen LogP contribution in [0.15, 0.2) is 27.9 Å². The average molecular weight is 477 g/mol. The number of H-pyrrole nitrogens is 2. The molecule has 1 saturated heterocycles. The van der Waals surface area contributed by atoms with Crippen LogP contribution in [0.4, 0.5) is 11.4 Å². The summed E-state index contributed by atoms with van der Waals surface area (Å²) in [7, 11) is 0. The molecular weight excluding hydrogens is 455 g/mol. The number of aromatic nitrogens is 3. The van der Waals surface area contributed by atoms with E-state index in [0.717, 1.165) is 64.3 Å². The van der Waals surface area contributed by atoms with Crippen LogP contribution in [0.1, 0.15) is 18.4 Å². The van der Waals surface area contributed by atoms with E-state index in [1.807, 2.05) is 12.1 Å². The molecular formula is C23H22N6OSe. The van der Waals surface area contributed by atoms with Gasteiger partial charge in [0.25, 0.3) is 0 Å². The van der Waals surface area contributed by atoms with Gasteiger partial charge in [0.15, 0.2) is 0 Å². The van der Waals surface area contributed by atoms with Gasteiger partial charge in [0, 0.05) is 6.04 Å². The van der Waals surface area contributed by atoms with Gasteiger partial charge in [0.1, 0.15) is 0 Å².